The third-order valence-corrected chi connectivity index (χ3v) is 3.40. The van der Waals surface area contributed by atoms with Gasteiger partial charge in [0, 0.05) is 37.6 Å². The van der Waals surface area contributed by atoms with E-state index in [-0.39, 0.29) is 5.78 Å². The van der Waals surface area contributed by atoms with Crippen molar-refractivity contribution in [2.24, 2.45) is 0 Å². The first kappa shape index (κ1) is 13.8. The minimum Gasteiger partial charge on any atom is -0.399 e. The molecule has 0 radical (unpaired) electrons. The lowest BCUT2D eigenvalue weighted by molar-refractivity contribution is -0.118. The molecule has 2 rings (SSSR count). The van der Waals surface area contributed by atoms with Crippen LogP contribution < -0.4 is 11.1 Å². The van der Waals surface area contributed by atoms with E-state index in [1.54, 1.807) is 0 Å². The maximum absolute atomic E-state index is 11.9. The van der Waals surface area contributed by atoms with Gasteiger partial charge in [-0.1, -0.05) is 0 Å². The molecule has 1 fully saturated rings. The average molecular weight is 262 g/mol. The van der Waals surface area contributed by atoms with Crippen molar-refractivity contribution in [1.82, 2.24) is 9.80 Å². The molecule has 5 nitrogen and oxygen atoms in total. The Balaban J connectivity index is 1.71. The van der Waals surface area contributed by atoms with Crippen LogP contribution in [0.15, 0.2) is 24.3 Å². The number of hydrogen-bond donors (Lipinski definition) is 2. The number of Topliss-reactive ketones (excluding diaryl/α,β-unsaturated/α-hetero) is 1. The Bertz CT molecular complexity index is 410. The molecule has 1 aliphatic rings. The molecule has 1 aromatic rings. The fourth-order valence-corrected chi connectivity index (χ4v) is 2.11. The Kier molecular flexibility index (Phi) is 4.76. The molecule has 1 aliphatic heterocycles. The quantitative estimate of drug-likeness (QED) is 0.757. The topological polar surface area (TPSA) is 61.6 Å². The molecule has 0 atom stereocenters. The van der Waals surface area contributed by atoms with E-state index >= 15 is 0 Å². The highest BCUT2D eigenvalue weighted by Gasteiger charge is 2.16. The van der Waals surface area contributed by atoms with E-state index in [4.69, 9.17) is 5.73 Å². The van der Waals surface area contributed by atoms with E-state index in [1.165, 1.54) is 0 Å². The Hall–Kier alpha value is -1.59. The summed E-state index contributed by atoms with van der Waals surface area (Å²) in [4.78, 5) is 16.4. The van der Waals surface area contributed by atoms with Crippen LogP contribution in [-0.4, -0.2) is 61.9 Å². The number of nitrogens with one attached hydrogen (secondary N) is 1. The predicted molar refractivity (Wildman–Crippen MR) is 78.3 cm³/mol. The average Bonchev–Trinajstić information content (AvgIpc) is 2.41. The second-order valence-electron chi connectivity index (χ2n) is 5.09. The highest BCUT2D eigenvalue weighted by Crippen LogP contribution is 2.10. The van der Waals surface area contributed by atoms with Gasteiger partial charge >= 0.3 is 0 Å². The van der Waals surface area contributed by atoms with Crippen LogP contribution in [0, 0.1) is 0 Å². The maximum Gasteiger partial charge on any atom is 0.165 e. The molecule has 0 saturated carbocycles. The first-order valence-electron chi connectivity index (χ1n) is 6.65. The molecule has 5 heteroatoms. The lowest BCUT2D eigenvalue weighted by Crippen LogP contribution is -2.46. The van der Waals surface area contributed by atoms with Crippen LogP contribution in [0.4, 0.5) is 11.4 Å². The lowest BCUT2D eigenvalue weighted by Gasteiger charge is -2.31. The van der Waals surface area contributed by atoms with Gasteiger partial charge in [-0.2, -0.15) is 0 Å². The normalized spacial score (nSPS) is 17.3. The van der Waals surface area contributed by atoms with Crippen molar-refractivity contribution in [2.45, 2.75) is 0 Å². The number of anilines is 2. The number of nitrogens with two attached hydrogens (primary N) is 1. The van der Waals surface area contributed by atoms with Gasteiger partial charge < -0.3 is 16.0 Å². The molecular weight excluding hydrogens is 240 g/mol. The van der Waals surface area contributed by atoms with Crippen molar-refractivity contribution in [1.29, 1.82) is 0 Å². The smallest absolute Gasteiger partial charge is 0.165 e. The second kappa shape index (κ2) is 6.54. The third-order valence-electron chi connectivity index (χ3n) is 3.40. The highest BCUT2D eigenvalue weighted by molar-refractivity contribution is 5.84. The maximum atomic E-state index is 11.9. The van der Waals surface area contributed by atoms with E-state index < -0.39 is 0 Å². The molecule has 0 aliphatic carbocycles. The van der Waals surface area contributed by atoms with Gasteiger partial charge in [-0.05, 0) is 31.3 Å². The number of piperazine rings is 1. The fourth-order valence-electron chi connectivity index (χ4n) is 2.11. The molecule has 1 heterocycles. The summed E-state index contributed by atoms with van der Waals surface area (Å²) in [5, 5.41) is 3.13. The van der Waals surface area contributed by atoms with Gasteiger partial charge in [-0.25, -0.2) is 0 Å². The van der Waals surface area contributed by atoms with Gasteiger partial charge in [0.2, 0.25) is 0 Å². The van der Waals surface area contributed by atoms with Gasteiger partial charge in [0.15, 0.2) is 5.78 Å². The lowest BCUT2D eigenvalue weighted by atomic mass is 10.2. The molecule has 0 spiro atoms. The summed E-state index contributed by atoms with van der Waals surface area (Å²) in [5.74, 6) is 0.223. The van der Waals surface area contributed by atoms with Crippen molar-refractivity contribution in [2.75, 3.05) is 57.4 Å². The molecule has 0 aromatic heterocycles. The molecule has 1 saturated heterocycles. The van der Waals surface area contributed by atoms with Crippen LogP contribution in [-0.2, 0) is 4.79 Å². The fraction of sp³-hybridized carbons (Fsp3) is 0.500. The second-order valence-corrected chi connectivity index (χ2v) is 5.09. The van der Waals surface area contributed by atoms with Gasteiger partial charge in [-0.3, -0.25) is 9.69 Å². The number of carbonyl (C=O) groups excluding carboxylic acids is 1. The zero-order valence-corrected chi connectivity index (χ0v) is 11.4. The van der Waals surface area contributed by atoms with Crippen molar-refractivity contribution in [3.05, 3.63) is 24.3 Å². The highest BCUT2D eigenvalue weighted by atomic mass is 16.1. The molecule has 1 aromatic carbocycles. The SMILES string of the molecule is CN1CCN(CC(=O)CNc2ccc(N)cc2)CC1. The van der Waals surface area contributed by atoms with Crippen molar-refractivity contribution < 1.29 is 4.79 Å². The monoisotopic (exact) mass is 262 g/mol. The summed E-state index contributed by atoms with van der Waals surface area (Å²) >= 11 is 0. The molecule has 0 amide bonds. The van der Waals surface area contributed by atoms with Crippen LogP contribution in [0.2, 0.25) is 0 Å². The summed E-state index contributed by atoms with van der Waals surface area (Å²) < 4.78 is 0. The predicted octanol–water partition coefficient (Wildman–Crippen LogP) is 0.497. The van der Waals surface area contributed by atoms with Crippen LogP contribution in [0.25, 0.3) is 0 Å². The molecule has 19 heavy (non-hydrogen) atoms. The van der Waals surface area contributed by atoms with E-state index in [0.717, 1.165) is 37.6 Å². The zero-order valence-electron chi connectivity index (χ0n) is 11.4. The summed E-state index contributed by atoms with van der Waals surface area (Å²) in [6, 6.07) is 7.43. The minimum absolute atomic E-state index is 0.223. The molecule has 3 N–H and O–H groups in total. The summed E-state index contributed by atoms with van der Waals surface area (Å²) in [6.45, 7) is 4.94. The summed E-state index contributed by atoms with van der Waals surface area (Å²) in [5.41, 5.74) is 7.27. The van der Waals surface area contributed by atoms with Gasteiger partial charge in [-0.15, -0.1) is 0 Å². The van der Waals surface area contributed by atoms with E-state index in [2.05, 4.69) is 22.2 Å². The number of hydrogen-bond acceptors (Lipinski definition) is 5. The van der Waals surface area contributed by atoms with Crippen LogP contribution in [0.3, 0.4) is 0 Å². The van der Waals surface area contributed by atoms with Gasteiger partial charge in [0.05, 0.1) is 13.1 Å². The van der Waals surface area contributed by atoms with E-state index in [1.807, 2.05) is 24.3 Å². The van der Waals surface area contributed by atoms with Crippen LogP contribution in [0.5, 0.6) is 0 Å². The van der Waals surface area contributed by atoms with Crippen molar-refractivity contribution in [3.8, 4) is 0 Å². The van der Waals surface area contributed by atoms with Gasteiger partial charge in [0.1, 0.15) is 0 Å². The summed E-state index contributed by atoms with van der Waals surface area (Å²) in [6.07, 6.45) is 0. The van der Waals surface area contributed by atoms with Crippen LogP contribution in [0.1, 0.15) is 0 Å². The standard InChI is InChI=1S/C14H22N4O/c1-17-6-8-18(9-7-17)11-14(19)10-16-13-4-2-12(15)3-5-13/h2-5,16H,6-11,15H2,1H3. The minimum atomic E-state index is 0.223. The number of ketones is 1. The largest absolute Gasteiger partial charge is 0.399 e. The van der Waals surface area contributed by atoms with Crippen molar-refractivity contribution in [3.63, 3.8) is 0 Å². The van der Waals surface area contributed by atoms with E-state index in [9.17, 15) is 4.79 Å². The Morgan fingerprint density at radius 1 is 1.21 bits per heavy atom. The number of nitrogen functional groups attached to an aromatic ring is 1. The van der Waals surface area contributed by atoms with E-state index in [0.29, 0.717) is 13.1 Å². The van der Waals surface area contributed by atoms with Crippen LogP contribution >= 0.6 is 0 Å². The van der Waals surface area contributed by atoms with Gasteiger partial charge in [0.25, 0.3) is 0 Å². The molecule has 0 bridgehead atoms. The number of rotatable bonds is 5. The summed E-state index contributed by atoms with van der Waals surface area (Å²) in [7, 11) is 2.11. The zero-order chi connectivity index (χ0) is 13.7. The molecule has 104 valence electrons. The third kappa shape index (κ3) is 4.54. The Morgan fingerprint density at radius 3 is 2.47 bits per heavy atom. The number of benzene rings is 1. The first-order chi connectivity index (χ1) is 9.13. The van der Waals surface area contributed by atoms with Crippen molar-refractivity contribution >= 4 is 17.2 Å². The first-order valence-corrected chi connectivity index (χ1v) is 6.65. The number of carbonyl (C=O) groups is 1. The Labute approximate surface area is 114 Å². The number of nitrogens with zero attached hydrogens (tertiary/aromatic N) is 2. The molecular formula is C14H22N4O. The molecule has 0 unspecified atom stereocenters. The number of likely N-dealkylation sites (N-methyl/N-ethyl adjacent to an activating group) is 1. The Morgan fingerprint density at radius 2 is 1.84 bits per heavy atom.